The summed E-state index contributed by atoms with van der Waals surface area (Å²) in [5, 5.41) is 62.8. The van der Waals surface area contributed by atoms with Gasteiger partial charge in [-0.2, -0.15) is 0 Å². The van der Waals surface area contributed by atoms with E-state index in [0.717, 1.165) is 12.0 Å². The van der Waals surface area contributed by atoms with Crippen LogP contribution >= 0.6 is 0 Å². The Morgan fingerprint density at radius 2 is 1.70 bits per heavy atom. The summed E-state index contributed by atoms with van der Waals surface area (Å²) in [6.07, 6.45) is 8.23. The SMILES string of the molecule is CCC(C)CC(C)C=C(C)C=CCC(C)C(O)C(C)C=C(C)C=CC(O)C(C)(C)c1cc(O)c(C2OC(CO)CC(O)C2O)c(=O)o1. The molecule has 1 aliphatic rings. The van der Waals surface area contributed by atoms with Crippen LogP contribution < -0.4 is 5.63 Å². The van der Waals surface area contributed by atoms with Crippen molar-refractivity contribution >= 4 is 0 Å². The van der Waals surface area contributed by atoms with Crippen molar-refractivity contribution in [2.45, 2.75) is 130 Å². The molecule has 0 aliphatic carbocycles. The molecule has 10 unspecified atom stereocenters. The first-order chi connectivity index (χ1) is 21.9. The average Bonchev–Trinajstić information content (AvgIpc) is 3.00. The van der Waals surface area contributed by atoms with E-state index in [1.807, 2.05) is 26.8 Å². The molecule has 1 aromatic heterocycles. The molecule has 1 saturated heterocycles. The van der Waals surface area contributed by atoms with Gasteiger partial charge in [-0.3, -0.25) is 0 Å². The van der Waals surface area contributed by atoms with Crippen LogP contribution in [-0.2, 0) is 10.2 Å². The Morgan fingerprint density at radius 1 is 1.06 bits per heavy atom. The first-order valence-electron chi connectivity index (χ1n) is 17.0. The van der Waals surface area contributed by atoms with E-state index in [0.29, 0.717) is 11.8 Å². The van der Waals surface area contributed by atoms with Crippen molar-refractivity contribution < 1.29 is 39.8 Å². The van der Waals surface area contributed by atoms with Gasteiger partial charge in [-0.15, -0.1) is 0 Å². The Kier molecular flexibility index (Phi) is 15.8. The van der Waals surface area contributed by atoms with Gasteiger partial charge in [0.05, 0.1) is 36.4 Å². The summed E-state index contributed by atoms with van der Waals surface area (Å²) in [4.78, 5) is 13.0. The fourth-order valence-corrected chi connectivity index (χ4v) is 6.08. The highest BCUT2D eigenvalue weighted by Gasteiger charge is 2.41. The third kappa shape index (κ3) is 11.5. The van der Waals surface area contributed by atoms with Crippen molar-refractivity contribution in [3.63, 3.8) is 0 Å². The summed E-state index contributed by atoms with van der Waals surface area (Å²) >= 11 is 0. The van der Waals surface area contributed by atoms with E-state index in [1.54, 1.807) is 26.0 Å². The lowest BCUT2D eigenvalue weighted by atomic mass is 9.82. The van der Waals surface area contributed by atoms with Crippen LogP contribution in [0.5, 0.6) is 5.75 Å². The minimum Gasteiger partial charge on any atom is -0.507 e. The van der Waals surface area contributed by atoms with Crippen LogP contribution in [0.4, 0.5) is 0 Å². The first-order valence-corrected chi connectivity index (χ1v) is 17.0. The predicted molar refractivity (Wildman–Crippen MR) is 185 cm³/mol. The minimum atomic E-state index is -1.51. The Balaban J connectivity index is 2.07. The zero-order valence-corrected chi connectivity index (χ0v) is 29.8. The van der Waals surface area contributed by atoms with Gasteiger partial charge in [0.15, 0.2) is 0 Å². The summed E-state index contributed by atoms with van der Waals surface area (Å²) < 4.78 is 11.0. The van der Waals surface area contributed by atoms with Crippen molar-refractivity contribution in [2.75, 3.05) is 6.61 Å². The van der Waals surface area contributed by atoms with Crippen molar-refractivity contribution in [3.8, 4) is 5.75 Å². The van der Waals surface area contributed by atoms with Crippen molar-refractivity contribution in [3.05, 3.63) is 75.4 Å². The van der Waals surface area contributed by atoms with Gasteiger partial charge >= 0.3 is 5.63 Å². The van der Waals surface area contributed by atoms with Gasteiger partial charge in [-0.05, 0) is 58.3 Å². The Hall–Kier alpha value is -2.53. The fourth-order valence-electron chi connectivity index (χ4n) is 6.08. The van der Waals surface area contributed by atoms with E-state index in [2.05, 4.69) is 45.9 Å². The zero-order valence-electron chi connectivity index (χ0n) is 29.8. The van der Waals surface area contributed by atoms with E-state index in [4.69, 9.17) is 9.15 Å². The average molecular weight is 661 g/mol. The molecule has 6 N–H and O–H groups in total. The predicted octanol–water partition coefficient (Wildman–Crippen LogP) is 5.63. The standard InChI is InChI=1S/C38H60O9/c1-10-22(2)16-25(5)17-23(3)12-11-13-26(6)34(43)27(7)18-24(4)14-15-31(42)38(8,9)32-20-29(40)33(37(45)47-32)36-35(44)30(41)19-28(21-39)46-36/h11-12,14-15,17-18,20,22,25-28,30-31,34-36,39-44H,10,13,16,19,21H2,1-9H3. The third-order valence-corrected chi connectivity index (χ3v) is 9.47. The second kappa shape index (κ2) is 18.3. The molecule has 0 aromatic carbocycles. The number of aliphatic hydroxyl groups is 5. The van der Waals surface area contributed by atoms with Crippen molar-refractivity contribution in [1.29, 1.82) is 0 Å². The monoisotopic (exact) mass is 660 g/mol. The quantitative estimate of drug-likeness (QED) is 0.124. The van der Waals surface area contributed by atoms with Crippen LogP contribution in [0.2, 0.25) is 0 Å². The Bertz CT molecular complexity index is 1310. The normalized spacial score (nSPS) is 25.6. The number of allylic oxidation sites excluding steroid dienone is 6. The van der Waals surface area contributed by atoms with Crippen LogP contribution in [0.1, 0.15) is 105 Å². The van der Waals surface area contributed by atoms with Gasteiger partial charge < -0.3 is 39.8 Å². The number of ether oxygens (including phenoxy) is 1. The van der Waals surface area contributed by atoms with Crippen molar-refractivity contribution in [1.82, 2.24) is 0 Å². The Labute approximate surface area is 281 Å². The molecule has 1 aromatic rings. The first kappa shape index (κ1) is 40.6. The van der Waals surface area contributed by atoms with Gasteiger partial charge in [0.1, 0.15) is 29.3 Å². The van der Waals surface area contributed by atoms with Crippen molar-refractivity contribution in [2.24, 2.45) is 23.7 Å². The maximum absolute atomic E-state index is 13.0. The van der Waals surface area contributed by atoms with E-state index in [-0.39, 0.29) is 29.6 Å². The molecule has 1 aliphatic heterocycles. The topological polar surface area (TPSA) is 161 Å². The molecule has 1 fully saturated rings. The van der Waals surface area contributed by atoms with Gasteiger partial charge in [-0.25, -0.2) is 4.79 Å². The third-order valence-electron chi connectivity index (χ3n) is 9.47. The molecular weight excluding hydrogens is 600 g/mol. The van der Waals surface area contributed by atoms with Crippen LogP contribution in [0.15, 0.2) is 62.9 Å². The van der Waals surface area contributed by atoms with Gasteiger partial charge in [0, 0.05) is 18.4 Å². The second-order valence-corrected chi connectivity index (χ2v) is 14.4. The molecule has 2 rings (SSSR count). The Morgan fingerprint density at radius 3 is 2.30 bits per heavy atom. The summed E-state index contributed by atoms with van der Waals surface area (Å²) in [5.74, 6) is 0.643. The minimum absolute atomic E-state index is 0.00724. The summed E-state index contributed by atoms with van der Waals surface area (Å²) in [6.45, 7) is 17.6. The molecule has 47 heavy (non-hydrogen) atoms. The molecule has 0 radical (unpaired) electrons. The summed E-state index contributed by atoms with van der Waals surface area (Å²) in [6, 6.07) is 1.20. The molecule has 0 spiro atoms. The molecule has 266 valence electrons. The fraction of sp³-hybridized carbons (Fsp3) is 0.658. The van der Waals surface area contributed by atoms with Crippen LogP contribution in [-0.4, -0.2) is 67.8 Å². The lowest BCUT2D eigenvalue weighted by molar-refractivity contribution is -0.180. The summed E-state index contributed by atoms with van der Waals surface area (Å²) in [7, 11) is 0. The van der Waals surface area contributed by atoms with Crippen LogP contribution in [0, 0.1) is 23.7 Å². The number of hydrogen-bond acceptors (Lipinski definition) is 9. The second-order valence-electron chi connectivity index (χ2n) is 14.4. The molecule has 2 heterocycles. The molecule has 9 nitrogen and oxygen atoms in total. The number of hydrogen-bond donors (Lipinski definition) is 6. The van der Waals surface area contributed by atoms with Gasteiger partial charge in [-0.1, -0.05) is 88.6 Å². The van der Waals surface area contributed by atoms with E-state index in [9.17, 15) is 35.4 Å². The lowest BCUT2D eigenvalue weighted by Gasteiger charge is -2.36. The largest absolute Gasteiger partial charge is 0.507 e. The van der Waals surface area contributed by atoms with E-state index in [1.165, 1.54) is 24.5 Å². The van der Waals surface area contributed by atoms with E-state index < -0.39 is 60.0 Å². The van der Waals surface area contributed by atoms with Gasteiger partial charge in [0.2, 0.25) is 0 Å². The molecule has 0 saturated carbocycles. The molecule has 0 amide bonds. The maximum Gasteiger partial charge on any atom is 0.345 e. The highest BCUT2D eigenvalue weighted by Crippen LogP contribution is 2.37. The highest BCUT2D eigenvalue weighted by atomic mass is 16.5. The maximum atomic E-state index is 13.0. The van der Waals surface area contributed by atoms with Crippen LogP contribution in [0.3, 0.4) is 0 Å². The number of aliphatic hydroxyl groups excluding tert-OH is 5. The molecule has 9 heteroatoms. The number of rotatable bonds is 16. The van der Waals surface area contributed by atoms with Crippen LogP contribution in [0.25, 0.3) is 0 Å². The smallest absolute Gasteiger partial charge is 0.345 e. The molecular formula is C38H60O9. The summed E-state index contributed by atoms with van der Waals surface area (Å²) in [5.41, 5.74) is -0.423. The zero-order chi connectivity index (χ0) is 35.6. The molecule has 0 bridgehead atoms. The highest BCUT2D eigenvalue weighted by molar-refractivity contribution is 5.36. The number of aromatic hydroxyl groups is 1. The van der Waals surface area contributed by atoms with E-state index >= 15 is 0 Å². The lowest BCUT2D eigenvalue weighted by Crippen LogP contribution is -2.46. The molecule has 10 atom stereocenters. The van der Waals surface area contributed by atoms with Gasteiger partial charge in [0.25, 0.3) is 0 Å².